The van der Waals surface area contributed by atoms with Gasteiger partial charge in [0.1, 0.15) is 5.82 Å². The van der Waals surface area contributed by atoms with Gasteiger partial charge in [-0.1, -0.05) is 31.5 Å². The fourth-order valence-electron chi connectivity index (χ4n) is 1.70. The number of hydrogen-bond acceptors (Lipinski definition) is 3. The van der Waals surface area contributed by atoms with Gasteiger partial charge in [0.05, 0.1) is 17.9 Å². The summed E-state index contributed by atoms with van der Waals surface area (Å²) in [5.74, 6) is 1.26. The van der Waals surface area contributed by atoms with Crippen molar-refractivity contribution in [2.75, 3.05) is 12.3 Å². The summed E-state index contributed by atoms with van der Waals surface area (Å²) in [6, 6.07) is 9.83. The fourth-order valence-corrected chi connectivity index (χ4v) is 1.70. The zero-order chi connectivity index (χ0) is 13.0. The Balaban J connectivity index is 2.25. The van der Waals surface area contributed by atoms with Gasteiger partial charge in [0.15, 0.2) is 0 Å². The molecule has 0 aliphatic rings. The van der Waals surface area contributed by atoms with E-state index in [1.54, 1.807) is 4.68 Å². The van der Waals surface area contributed by atoms with Gasteiger partial charge in [-0.15, -0.1) is 5.10 Å². The third-order valence-corrected chi connectivity index (χ3v) is 2.86. The van der Waals surface area contributed by atoms with Crippen LogP contribution in [0, 0.1) is 6.92 Å². The molecule has 0 unspecified atom stereocenters. The SMILES string of the molecule is CCCCOc1nn(-c2ccccc2)c(N)c1C. The molecule has 2 N–H and O–H groups in total. The van der Waals surface area contributed by atoms with E-state index < -0.39 is 0 Å². The number of nitrogens with two attached hydrogens (primary N) is 1. The van der Waals surface area contributed by atoms with E-state index in [9.17, 15) is 0 Å². The Morgan fingerprint density at radius 2 is 2.00 bits per heavy atom. The maximum atomic E-state index is 6.06. The van der Waals surface area contributed by atoms with E-state index >= 15 is 0 Å². The van der Waals surface area contributed by atoms with Gasteiger partial charge in [-0.2, -0.15) is 0 Å². The minimum atomic E-state index is 0.629. The van der Waals surface area contributed by atoms with Gasteiger partial charge in [-0.05, 0) is 25.5 Å². The van der Waals surface area contributed by atoms with Crippen LogP contribution in [-0.4, -0.2) is 16.4 Å². The Morgan fingerprint density at radius 1 is 1.28 bits per heavy atom. The lowest BCUT2D eigenvalue weighted by Gasteiger charge is -2.02. The van der Waals surface area contributed by atoms with Crippen molar-refractivity contribution >= 4 is 5.82 Å². The zero-order valence-electron chi connectivity index (χ0n) is 10.9. The summed E-state index contributed by atoms with van der Waals surface area (Å²) >= 11 is 0. The summed E-state index contributed by atoms with van der Waals surface area (Å²) in [6.07, 6.45) is 2.13. The molecular formula is C14H19N3O. The topological polar surface area (TPSA) is 53.1 Å². The van der Waals surface area contributed by atoms with Gasteiger partial charge in [0.2, 0.25) is 5.88 Å². The van der Waals surface area contributed by atoms with Gasteiger partial charge in [-0.3, -0.25) is 0 Å². The molecule has 0 saturated heterocycles. The quantitative estimate of drug-likeness (QED) is 0.824. The Kier molecular flexibility index (Phi) is 3.87. The number of aromatic nitrogens is 2. The van der Waals surface area contributed by atoms with Gasteiger partial charge in [-0.25, -0.2) is 4.68 Å². The molecule has 0 saturated carbocycles. The first-order valence-electron chi connectivity index (χ1n) is 6.27. The van der Waals surface area contributed by atoms with Gasteiger partial charge in [0.25, 0.3) is 0 Å². The first kappa shape index (κ1) is 12.5. The molecule has 4 heteroatoms. The number of nitrogens with zero attached hydrogens (tertiary/aromatic N) is 2. The van der Waals surface area contributed by atoms with Crippen molar-refractivity contribution < 1.29 is 4.74 Å². The van der Waals surface area contributed by atoms with Crippen molar-refractivity contribution in [1.29, 1.82) is 0 Å². The van der Waals surface area contributed by atoms with Crippen molar-refractivity contribution in [1.82, 2.24) is 9.78 Å². The molecule has 0 radical (unpaired) electrons. The lowest BCUT2D eigenvalue weighted by molar-refractivity contribution is 0.294. The Hall–Kier alpha value is -1.97. The average Bonchev–Trinajstić information content (AvgIpc) is 2.68. The van der Waals surface area contributed by atoms with Crippen LogP contribution in [0.25, 0.3) is 5.69 Å². The highest BCUT2D eigenvalue weighted by atomic mass is 16.5. The van der Waals surface area contributed by atoms with E-state index in [1.165, 1.54) is 0 Å². The second-order valence-electron chi connectivity index (χ2n) is 4.26. The maximum absolute atomic E-state index is 6.06. The molecule has 0 aliphatic heterocycles. The molecule has 0 fully saturated rings. The number of benzene rings is 1. The number of ether oxygens (including phenoxy) is 1. The maximum Gasteiger partial charge on any atom is 0.238 e. The number of unbranched alkanes of at least 4 members (excludes halogenated alkanes) is 1. The second kappa shape index (κ2) is 5.58. The largest absolute Gasteiger partial charge is 0.476 e. The van der Waals surface area contributed by atoms with Crippen molar-refractivity contribution in [2.45, 2.75) is 26.7 Å². The molecular weight excluding hydrogens is 226 g/mol. The standard InChI is InChI=1S/C14H19N3O/c1-3-4-10-18-14-11(2)13(15)17(16-14)12-8-6-5-7-9-12/h5-9H,3-4,10,15H2,1-2H3. The lowest BCUT2D eigenvalue weighted by atomic mass is 10.3. The highest BCUT2D eigenvalue weighted by Crippen LogP contribution is 2.25. The highest BCUT2D eigenvalue weighted by Gasteiger charge is 2.13. The minimum absolute atomic E-state index is 0.629. The van der Waals surface area contributed by atoms with Crippen molar-refractivity contribution in [2.24, 2.45) is 0 Å². The van der Waals surface area contributed by atoms with E-state index in [1.807, 2.05) is 37.3 Å². The van der Waals surface area contributed by atoms with Gasteiger partial charge in [0, 0.05) is 0 Å². The molecule has 1 aromatic heterocycles. The number of hydrogen-bond donors (Lipinski definition) is 1. The van der Waals surface area contributed by atoms with E-state index in [0.717, 1.165) is 24.1 Å². The van der Waals surface area contributed by atoms with Crippen molar-refractivity contribution in [3.63, 3.8) is 0 Å². The van der Waals surface area contributed by atoms with Crippen molar-refractivity contribution in [3.8, 4) is 11.6 Å². The van der Waals surface area contributed by atoms with Gasteiger partial charge >= 0.3 is 0 Å². The second-order valence-corrected chi connectivity index (χ2v) is 4.26. The third kappa shape index (κ3) is 2.47. The first-order chi connectivity index (χ1) is 8.74. The van der Waals surface area contributed by atoms with E-state index in [-0.39, 0.29) is 0 Å². The van der Waals surface area contributed by atoms with Crippen LogP contribution in [0.3, 0.4) is 0 Å². The van der Waals surface area contributed by atoms with Crippen LogP contribution in [0.2, 0.25) is 0 Å². The van der Waals surface area contributed by atoms with E-state index in [2.05, 4.69) is 12.0 Å². The lowest BCUT2D eigenvalue weighted by Crippen LogP contribution is -2.02. The van der Waals surface area contributed by atoms with E-state index in [0.29, 0.717) is 18.3 Å². The zero-order valence-corrected chi connectivity index (χ0v) is 10.9. The van der Waals surface area contributed by atoms with Crippen molar-refractivity contribution in [3.05, 3.63) is 35.9 Å². The molecule has 4 nitrogen and oxygen atoms in total. The van der Waals surface area contributed by atoms with Gasteiger partial charge < -0.3 is 10.5 Å². The molecule has 1 heterocycles. The molecule has 2 rings (SSSR count). The number of anilines is 1. The van der Waals surface area contributed by atoms with Crippen LogP contribution in [-0.2, 0) is 0 Å². The number of para-hydroxylation sites is 1. The van der Waals surface area contributed by atoms with Crippen LogP contribution >= 0.6 is 0 Å². The molecule has 96 valence electrons. The average molecular weight is 245 g/mol. The number of rotatable bonds is 5. The minimum Gasteiger partial charge on any atom is -0.476 e. The fraction of sp³-hybridized carbons (Fsp3) is 0.357. The van der Waals surface area contributed by atoms with Crippen LogP contribution < -0.4 is 10.5 Å². The summed E-state index contributed by atoms with van der Waals surface area (Å²) in [5, 5.41) is 4.42. The molecule has 1 aromatic carbocycles. The van der Waals surface area contributed by atoms with Crippen LogP contribution in [0.15, 0.2) is 30.3 Å². The van der Waals surface area contributed by atoms with E-state index in [4.69, 9.17) is 10.5 Å². The predicted molar refractivity (Wildman–Crippen MR) is 73.1 cm³/mol. The smallest absolute Gasteiger partial charge is 0.238 e. The highest BCUT2D eigenvalue weighted by molar-refractivity contribution is 5.51. The molecule has 0 spiro atoms. The predicted octanol–water partition coefficient (Wildman–Crippen LogP) is 2.94. The summed E-state index contributed by atoms with van der Waals surface area (Å²) < 4.78 is 7.37. The Bertz CT molecular complexity index is 505. The molecule has 0 amide bonds. The monoisotopic (exact) mass is 245 g/mol. The summed E-state index contributed by atoms with van der Waals surface area (Å²) in [5.41, 5.74) is 7.91. The van der Waals surface area contributed by atoms with Crippen LogP contribution in [0.4, 0.5) is 5.82 Å². The molecule has 0 aliphatic carbocycles. The molecule has 18 heavy (non-hydrogen) atoms. The summed E-state index contributed by atoms with van der Waals surface area (Å²) in [6.45, 7) is 4.75. The van der Waals surface area contributed by atoms with Crippen LogP contribution in [0.1, 0.15) is 25.3 Å². The number of nitrogen functional groups attached to an aromatic ring is 1. The summed E-state index contributed by atoms with van der Waals surface area (Å²) in [4.78, 5) is 0. The normalized spacial score (nSPS) is 10.6. The van der Waals surface area contributed by atoms with Crippen LogP contribution in [0.5, 0.6) is 5.88 Å². The molecule has 0 bridgehead atoms. The third-order valence-electron chi connectivity index (χ3n) is 2.86. The molecule has 0 atom stereocenters. The Morgan fingerprint density at radius 3 is 2.67 bits per heavy atom. The first-order valence-corrected chi connectivity index (χ1v) is 6.27. The summed E-state index contributed by atoms with van der Waals surface area (Å²) in [7, 11) is 0. The Labute approximate surface area is 107 Å². The molecule has 2 aromatic rings.